The van der Waals surface area contributed by atoms with Gasteiger partial charge in [0.2, 0.25) is 0 Å². The maximum absolute atomic E-state index is 11.9. The van der Waals surface area contributed by atoms with E-state index in [1.165, 1.54) is 0 Å². The second kappa shape index (κ2) is 5.65. The summed E-state index contributed by atoms with van der Waals surface area (Å²) in [6.07, 6.45) is 0.827. The number of hydrazone groups is 1. The van der Waals surface area contributed by atoms with Crippen LogP contribution in [0.3, 0.4) is 0 Å². The van der Waals surface area contributed by atoms with Crippen LogP contribution in [-0.4, -0.2) is 21.2 Å². The van der Waals surface area contributed by atoms with Gasteiger partial charge in [-0.2, -0.15) is 5.10 Å². The Bertz CT molecular complexity index is 627. The Morgan fingerprint density at radius 3 is 2.89 bits per heavy atom. The van der Waals surface area contributed by atoms with Gasteiger partial charge in [0.25, 0.3) is 5.91 Å². The fourth-order valence-electron chi connectivity index (χ4n) is 1.81. The predicted octanol–water partition coefficient (Wildman–Crippen LogP) is 2.25. The number of carbonyl (C=O) groups is 1. The molecule has 0 aliphatic rings. The summed E-state index contributed by atoms with van der Waals surface area (Å²) in [4.78, 5) is 16.3. The highest BCUT2D eigenvalue weighted by atomic mass is 16.2. The summed E-state index contributed by atoms with van der Waals surface area (Å²) in [6.45, 7) is 6.01. The van der Waals surface area contributed by atoms with Gasteiger partial charge in [-0.25, -0.2) is 10.4 Å². The van der Waals surface area contributed by atoms with Gasteiger partial charge in [0.15, 0.2) is 0 Å². The minimum atomic E-state index is -0.140. The molecule has 0 aliphatic heterocycles. The maximum atomic E-state index is 11.9. The third-order valence-electron chi connectivity index (χ3n) is 3.03. The maximum Gasteiger partial charge on any atom is 0.260 e. The molecule has 1 N–H and O–H groups in total. The quantitative estimate of drug-likeness (QED) is 0.675. The number of benzene rings is 1. The van der Waals surface area contributed by atoms with Crippen molar-refractivity contribution in [3.63, 3.8) is 0 Å². The van der Waals surface area contributed by atoms with Gasteiger partial charge in [-0.3, -0.25) is 4.79 Å². The molecule has 0 saturated carbocycles. The van der Waals surface area contributed by atoms with Crippen molar-refractivity contribution >= 4 is 22.7 Å². The van der Waals surface area contributed by atoms with E-state index in [1.807, 2.05) is 49.6 Å². The van der Waals surface area contributed by atoms with E-state index in [4.69, 9.17) is 0 Å². The Morgan fingerprint density at radius 1 is 1.42 bits per heavy atom. The number of para-hydroxylation sites is 2. The molecule has 100 valence electrons. The first-order chi connectivity index (χ1) is 9.11. The molecule has 1 heterocycles. The van der Waals surface area contributed by atoms with Gasteiger partial charge in [-0.1, -0.05) is 19.1 Å². The minimum absolute atomic E-state index is 0.140. The van der Waals surface area contributed by atoms with E-state index in [0.29, 0.717) is 0 Å². The van der Waals surface area contributed by atoms with Crippen molar-refractivity contribution in [2.45, 2.75) is 33.7 Å². The summed E-state index contributed by atoms with van der Waals surface area (Å²) in [5.41, 5.74) is 5.34. The molecule has 2 aromatic rings. The zero-order chi connectivity index (χ0) is 13.8. The number of fused-ring (bicyclic) bond motifs is 1. The van der Waals surface area contributed by atoms with Crippen LogP contribution in [0.2, 0.25) is 0 Å². The highest BCUT2D eigenvalue weighted by Gasteiger charge is 2.09. The van der Waals surface area contributed by atoms with Crippen LogP contribution in [0, 0.1) is 6.92 Å². The largest absolute Gasteiger partial charge is 0.319 e. The smallest absolute Gasteiger partial charge is 0.260 e. The van der Waals surface area contributed by atoms with E-state index in [-0.39, 0.29) is 12.5 Å². The Hall–Kier alpha value is -2.17. The van der Waals surface area contributed by atoms with Crippen molar-refractivity contribution in [2.24, 2.45) is 5.10 Å². The van der Waals surface area contributed by atoms with Crippen LogP contribution in [0.25, 0.3) is 11.0 Å². The Labute approximate surface area is 112 Å². The van der Waals surface area contributed by atoms with Gasteiger partial charge < -0.3 is 4.57 Å². The molecule has 5 nitrogen and oxygen atoms in total. The van der Waals surface area contributed by atoms with Crippen LogP contribution >= 0.6 is 0 Å². The van der Waals surface area contributed by atoms with Gasteiger partial charge in [-0.15, -0.1) is 0 Å². The number of carbonyl (C=O) groups excluding carboxylic acids is 1. The number of aromatic nitrogens is 2. The molecule has 1 aromatic heterocycles. The lowest BCUT2D eigenvalue weighted by atomic mass is 10.3. The van der Waals surface area contributed by atoms with E-state index in [9.17, 15) is 4.79 Å². The zero-order valence-corrected chi connectivity index (χ0v) is 11.5. The molecule has 0 unspecified atom stereocenters. The molecule has 0 aliphatic carbocycles. The predicted molar refractivity (Wildman–Crippen MR) is 76.0 cm³/mol. The first kappa shape index (κ1) is 13.3. The SMILES string of the molecule is CC/C(C)=N\NC(=O)Cn1c(C)nc2ccccc21. The van der Waals surface area contributed by atoms with Crippen LogP contribution < -0.4 is 5.43 Å². The normalized spacial score (nSPS) is 11.8. The number of amides is 1. The van der Waals surface area contributed by atoms with E-state index < -0.39 is 0 Å². The average molecular weight is 258 g/mol. The van der Waals surface area contributed by atoms with Crippen LogP contribution in [0.4, 0.5) is 0 Å². The third-order valence-corrected chi connectivity index (χ3v) is 3.03. The first-order valence-corrected chi connectivity index (χ1v) is 6.35. The summed E-state index contributed by atoms with van der Waals surface area (Å²) in [5.74, 6) is 0.687. The standard InChI is InChI=1S/C14H18N4O/c1-4-10(2)16-17-14(19)9-18-11(3)15-12-7-5-6-8-13(12)18/h5-8H,4,9H2,1-3H3,(H,17,19)/b16-10-. The molecule has 0 spiro atoms. The summed E-state index contributed by atoms with van der Waals surface area (Å²) in [5, 5.41) is 4.02. The molecule has 0 fully saturated rings. The molecule has 0 saturated heterocycles. The van der Waals surface area contributed by atoms with Gasteiger partial charge >= 0.3 is 0 Å². The number of rotatable bonds is 4. The Balaban J connectivity index is 2.17. The monoisotopic (exact) mass is 258 g/mol. The Kier molecular flexibility index (Phi) is 3.94. The highest BCUT2D eigenvalue weighted by molar-refractivity contribution is 5.85. The lowest BCUT2D eigenvalue weighted by molar-refractivity contribution is -0.121. The molecular weight excluding hydrogens is 240 g/mol. The summed E-state index contributed by atoms with van der Waals surface area (Å²) >= 11 is 0. The lowest BCUT2D eigenvalue weighted by Crippen LogP contribution is -2.24. The minimum Gasteiger partial charge on any atom is -0.319 e. The van der Waals surface area contributed by atoms with Gasteiger partial charge in [0.1, 0.15) is 12.4 Å². The summed E-state index contributed by atoms with van der Waals surface area (Å²) in [6, 6.07) is 7.78. The molecule has 19 heavy (non-hydrogen) atoms. The van der Waals surface area contributed by atoms with Crippen LogP contribution in [0.15, 0.2) is 29.4 Å². The van der Waals surface area contributed by atoms with Gasteiger partial charge in [-0.05, 0) is 32.4 Å². The van der Waals surface area contributed by atoms with Crippen molar-refractivity contribution in [2.75, 3.05) is 0 Å². The first-order valence-electron chi connectivity index (χ1n) is 6.35. The average Bonchev–Trinajstić information content (AvgIpc) is 2.72. The van der Waals surface area contributed by atoms with Gasteiger partial charge in [0.05, 0.1) is 11.0 Å². The summed E-state index contributed by atoms with van der Waals surface area (Å²) < 4.78 is 1.89. The summed E-state index contributed by atoms with van der Waals surface area (Å²) in [7, 11) is 0. The number of nitrogens with zero attached hydrogens (tertiary/aromatic N) is 3. The molecule has 1 amide bonds. The second-order valence-corrected chi connectivity index (χ2v) is 4.47. The van der Waals surface area contributed by atoms with Crippen molar-refractivity contribution in [1.29, 1.82) is 0 Å². The lowest BCUT2D eigenvalue weighted by Gasteiger charge is -2.06. The molecule has 0 bridgehead atoms. The van der Waals surface area contributed by atoms with E-state index in [1.54, 1.807) is 0 Å². The van der Waals surface area contributed by atoms with Crippen molar-refractivity contribution in [3.8, 4) is 0 Å². The van der Waals surface area contributed by atoms with Crippen LogP contribution in [-0.2, 0) is 11.3 Å². The second-order valence-electron chi connectivity index (χ2n) is 4.47. The Morgan fingerprint density at radius 2 is 2.16 bits per heavy atom. The van der Waals surface area contributed by atoms with E-state index >= 15 is 0 Å². The van der Waals surface area contributed by atoms with E-state index in [2.05, 4.69) is 15.5 Å². The van der Waals surface area contributed by atoms with Crippen molar-refractivity contribution in [3.05, 3.63) is 30.1 Å². The number of imidazole rings is 1. The fourth-order valence-corrected chi connectivity index (χ4v) is 1.81. The van der Waals surface area contributed by atoms with Crippen molar-refractivity contribution < 1.29 is 4.79 Å². The van der Waals surface area contributed by atoms with Crippen LogP contribution in [0.5, 0.6) is 0 Å². The molecule has 0 atom stereocenters. The molecule has 2 rings (SSSR count). The van der Waals surface area contributed by atoms with Crippen molar-refractivity contribution in [1.82, 2.24) is 15.0 Å². The number of hydrogen-bond acceptors (Lipinski definition) is 3. The van der Waals surface area contributed by atoms with E-state index in [0.717, 1.165) is 29.0 Å². The molecule has 1 aromatic carbocycles. The molecule has 5 heteroatoms. The highest BCUT2D eigenvalue weighted by Crippen LogP contribution is 2.14. The number of hydrogen-bond donors (Lipinski definition) is 1. The molecular formula is C14H18N4O. The zero-order valence-electron chi connectivity index (χ0n) is 11.5. The third kappa shape index (κ3) is 2.99. The fraction of sp³-hybridized carbons (Fsp3) is 0.357. The van der Waals surface area contributed by atoms with Gasteiger partial charge in [0, 0.05) is 5.71 Å². The molecule has 0 radical (unpaired) electrons. The number of aryl methyl sites for hydroxylation is 1. The topological polar surface area (TPSA) is 59.3 Å². The van der Waals surface area contributed by atoms with Crippen LogP contribution in [0.1, 0.15) is 26.1 Å². The number of nitrogens with one attached hydrogen (secondary N) is 1.